The van der Waals surface area contributed by atoms with Crippen molar-refractivity contribution in [2.45, 2.75) is 18.2 Å². The maximum atomic E-state index is 11.7. The minimum Gasteiger partial charge on any atom is -0.497 e. The van der Waals surface area contributed by atoms with E-state index >= 15 is 0 Å². The van der Waals surface area contributed by atoms with E-state index in [1.54, 1.807) is 13.2 Å². The molecule has 1 aliphatic heterocycles. The fraction of sp³-hybridized carbons (Fsp3) is 0.250. The third kappa shape index (κ3) is 11.3. The molecule has 0 radical (unpaired) electrons. The van der Waals surface area contributed by atoms with Crippen LogP contribution in [0.3, 0.4) is 0 Å². The lowest BCUT2D eigenvalue weighted by molar-refractivity contribution is -0.118. The van der Waals surface area contributed by atoms with Gasteiger partial charge in [0, 0.05) is 19.2 Å². The van der Waals surface area contributed by atoms with Crippen molar-refractivity contribution >= 4 is 33.3 Å². The number of benzene rings is 2. The van der Waals surface area contributed by atoms with Crippen molar-refractivity contribution in [2.75, 3.05) is 20.3 Å². The fourth-order valence-electron chi connectivity index (χ4n) is 3.21. The lowest BCUT2D eigenvalue weighted by Crippen LogP contribution is -2.25. The number of imide groups is 1. The number of nitrogens with one attached hydrogen (secondary N) is 2. The van der Waals surface area contributed by atoms with E-state index in [9.17, 15) is 9.59 Å². The molecule has 0 aliphatic carbocycles. The number of nitrogens with zero attached hydrogens (tertiary/aromatic N) is 2. The summed E-state index contributed by atoms with van der Waals surface area (Å²) in [6.45, 7) is 1.65. The second-order valence-corrected chi connectivity index (χ2v) is 9.90. The van der Waals surface area contributed by atoms with Crippen molar-refractivity contribution in [3.63, 3.8) is 0 Å². The Morgan fingerprint density at radius 3 is 2.26 bits per heavy atom. The molecule has 15 heteroatoms. The summed E-state index contributed by atoms with van der Waals surface area (Å²) in [6.07, 6.45) is 1.98. The average molecular weight is 579 g/mol. The molecule has 39 heavy (non-hydrogen) atoms. The SMILES string of the molecule is COc1ccc(Oc2cc(CNCCOc3ccc(CC4SC(=O)NC4=O)cc3)ncn2)cc1.O=S(=O)(O)O. The maximum Gasteiger partial charge on any atom is 0.394 e. The van der Waals surface area contributed by atoms with Crippen molar-refractivity contribution in [1.82, 2.24) is 20.6 Å². The third-order valence-corrected chi connectivity index (χ3v) is 5.93. The maximum absolute atomic E-state index is 11.7. The Labute approximate surface area is 228 Å². The molecular formula is C24H26N4O9S2. The molecule has 0 saturated carbocycles. The molecular weight excluding hydrogens is 552 g/mol. The number of thioether (sulfide) groups is 1. The first-order valence-electron chi connectivity index (χ1n) is 11.4. The van der Waals surface area contributed by atoms with Gasteiger partial charge in [-0.25, -0.2) is 9.97 Å². The topological polar surface area (TPSA) is 186 Å². The van der Waals surface area contributed by atoms with Crippen LogP contribution >= 0.6 is 11.8 Å². The van der Waals surface area contributed by atoms with Crippen LogP contribution in [0.5, 0.6) is 23.1 Å². The summed E-state index contributed by atoms with van der Waals surface area (Å²) in [4.78, 5) is 31.4. The molecule has 3 aromatic rings. The molecule has 1 aromatic heterocycles. The van der Waals surface area contributed by atoms with Gasteiger partial charge in [-0.1, -0.05) is 23.9 Å². The fourth-order valence-corrected chi connectivity index (χ4v) is 4.07. The van der Waals surface area contributed by atoms with E-state index in [4.69, 9.17) is 31.7 Å². The molecule has 208 valence electrons. The van der Waals surface area contributed by atoms with E-state index in [1.807, 2.05) is 48.5 Å². The van der Waals surface area contributed by atoms with Crippen LogP contribution in [-0.2, 0) is 28.2 Å². The monoisotopic (exact) mass is 578 g/mol. The molecule has 1 fully saturated rings. The van der Waals surface area contributed by atoms with Gasteiger partial charge < -0.3 is 19.5 Å². The zero-order chi connectivity index (χ0) is 28.3. The molecule has 1 aliphatic rings. The molecule has 2 aromatic carbocycles. The Morgan fingerprint density at radius 2 is 1.64 bits per heavy atom. The Balaban J connectivity index is 0.000000771. The van der Waals surface area contributed by atoms with Gasteiger partial charge in [-0.2, -0.15) is 8.42 Å². The molecule has 4 N–H and O–H groups in total. The van der Waals surface area contributed by atoms with Gasteiger partial charge in [0.05, 0.1) is 18.1 Å². The van der Waals surface area contributed by atoms with Crippen molar-refractivity contribution in [2.24, 2.45) is 0 Å². The first kappa shape index (κ1) is 29.8. The lowest BCUT2D eigenvalue weighted by atomic mass is 10.1. The van der Waals surface area contributed by atoms with Gasteiger partial charge in [0.25, 0.3) is 5.24 Å². The van der Waals surface area contributed by atoms with Crippen molar-refractivity contribution < 1.29 is 41.3 Å². The summed E-state index contributed by atoms with van der Waals surface area (Å²) in [5, 5.41) is 4.93. The lowest BCUT2D eigenvalue weighted by Gasteiger charge is -2.10. The first-order valence-corrected chi connectivity index (χ1v) is 13.6. The predicted octanol–water partition coefficient (Wildman–Crippen LogP) is 2.69. The first-order chi connectivity index (χ1) is 18.6. The highest BCUT2D eigenvalue weighted by Gasteiger charge is 2.31. The van der Waals surface area contributed by atoms with Crippen LogP contribution in [0.25, 0.3) is 0 Å². The zero-order valence-electron chi connectivity index (χ0n) is 20.6. The third-order valence-electron chi connectivity index (χ3n) is 4.95. The number of carbonyl (C=O) groups is 2. The minimum atomic E-state index is -4.67. The predicted molar refractivity (Wildman–Crippen MR) is 142 cm³/mol. The highest BCUT2D eigenvalue weighted by atomic mass is 32.3. The number of hydrogen-bond acceptors (Lipinski definition) is 11. The van der Waals surface area contributed by atoms with E-state index in [-0.39, 0.29) is 16.4 Å². The smallest absolute Gasteiger partial charge is 0.394 e. The van der Waals surface area contributed by atoms with E-state index in [0.717, 1.165) is 34.5 Å². The summed E-state index contributed by atoms with van der Waals surface area (Å²) in [5.74, 6) is 2.39. The number of methoxy groups -OCH3 is 1. The normalized spacial score (nSPS) is 14.7. The Bertz CT molecular complexity index is 1350. The number of amides is 2. The molecule has 4 rings (SSSR count). The molecule has 0 bridgehead atoms. The second kappa shape index (κ2) is 14.4. The van der Waals surface area contributed by atoms with Crippen LogP contribution in [0.15, 0.2) is 60.9 Å². The molecule has 0 spiro atoms. The Morgan fingerprint density at radius 1 is 1.00 bits per heavy atom. The quantitative estimate of drug-likeness (QED) is 0.192. The second-order valence-electron chi connectivity index (χ2n) is 7.83. The number of hydrogen-bond donors (Lipinski definition) is 4. The van der Waals surface area contributed by atoms with Gasteiger partial charge in [-0.05, 0) is 48.4 Å². The summed E-state index contributed by atoms with van der Waals surface area (Å²) < 4.78 is 48.3. The van der Waals surface area contributed by atoms with Crippen LogP contribution in [0.1, 0.15) is 11.3 Å². The van der Waals surface area contributed by atoms with Crippen LogP contribution in [0.4, 0.5) is 4.79 Å². The van der Waals surface area contributed by atoms with Crippen molar-refractivity contribution in [3.05, 3.63) is 72.2 Å². The van der Waals surface area contributed by atoms with Gasteiger partial charge in [0.1, 0.15) is 30.2 Å². The molecule has 13 nitrogen and oxygen atoms in total. The largest absolute Gasteiger partial charge is 0.497 e. The van der Waals surface area contributed by atoms with Crippen LogP contribution in [-0.4, -0.2) is 64.1 Å². The average Bonchev–Trinajstić information content (AvgIpc) is 3.20. The van der Waals surface area contributed by atoms with Crippen molar-refractivity contribution in [3.8, 4) is 23.1 Å². The number of aromatic nitrogens is 2. The summed E-state index contributed by atoms with van der Waals surface area (Å²) in [5.41, 5.74) is 1.78. The molecule has 1 unspecified atom stereocenters. The molecule has 2 amide bonds. The molecule has 2 heterocycles. The van der Waals surface area contributed by atoms with Crippen molar-refractivity contribution in [1.29, 1.82) is 0 Å². The van der Waals surface area contributed by atoms with E-state index < -0.39 is 10.4 Å². The Hall–Kier alpha value is -3.76. The van der Waals surface area contributed by atoms with Gasteiger partial charge >= 0.3 is 10.4 Å². The van der Waals surface area contributed by atoms with E-state index in [0.29, 0.717) is 37.7 Å². The number of ether oxygens (including phenoxy) is 3. The highest BCUT2D eigenvalue weighted by Crippen LogP contribution is 2.24. The van der Waals surface area contributed by atoms with E-state index in [1.165, 1.54) is 6.33 Å². The number of rotatable bonds is 11. The zero-order valence-corrected chi connectivity index (χ0v) is 22.3. The number of carbonyl (C=O) groups excluding carboxylic acids is 2. The summed E-state index contributed by atoms with van der Waals surface area (Å²) >= 11 is 1.03. The van der Waals surface area contributed by atoms with Gasteiger partial charge in [0.2, 0.25) is 11.8 Å². The van der Waals surface area contributed by atoms with Crippen LogP contribution in [0, 0.1) is 0 Å². The van der Waals surface area contributed by atoms with Crippen LogP contribution < -0.4 is 24.8 Å². The Kier molecular flexibility index (Phi) is 11.0. The minimum absolute atomic E-state index is 0.232. The molecule has 1 saturated heterocycles. The standard InChI is InChI=1S/C24H24N4O5S.H2O4S/c1-31-18-6-8-20(9-7-18)33-22-13-17(26-15-27-22)14-25-10-11-32-19-4-2-16(3-5-19)12-21-23(29)28-24(30)34-21;1-5(2,3)4/h2-9,13,15,21,25H,10-12,14H2,1H3,(H,28,29,30);(H2,1,2,3,4). The highest BCUT2D eigenvalue weighted by molar-refractivity contribution is 8.15. The van der Waals surface area contributed by atoms with Crippen LogP contribution in [0.2, 0.25) is 0 Å². The summed E-state index contributed by atoms with van der Waals surface area (Å²) in [7, 11) is -3.05. The molecule has 1 atom stereocenters. The summed E-state index contributed by atoms with van der Waals surface area (Å²) in [6, 6.07) is 16.6. The van der Waals surface area contributed by atoms with Gasteiger partial charge in [-0.15, -0.1) is 0 Å². The van der Waals surface area contributed by atoms with E-state index in [2.05, 4.69) is 20.6 Å². The van der Waals surface area contributed by atoms with Gasteiger partial charge in [0.15, 0.2) is 0 Å². The van der Waals surface area contributed by atoms with Gasteiger partial charge in [-0.3, -0.25) is 24.0 Å².